The lowest BCUT2D eigenvalue weighted by molar-refractivity contribution is 0.0557. The van der Waals surface area contributed by atoms with Crippen molar-refractivity contribution in [2.24, 2.45) is 5.92 Å². The van der Waals surface area contributed by atoms with Crippen molar-refractivity contribution in [3.05, 3.63) is 12.1 Å². The third-order valence-electron chi connectivity index (χ3n) is 4.48. The number of rotatable bonds is 6. The fourth-order valence-electron chi connectivity index (χ4n) is 2.96. The number of aromatic nitrogens is 1. The molecule has 5 heteroatoms. The molecular formula is C16H25N3O2. The molecule has 0 aliphatic heterocycles. The normalized spacial score (nSPS) is 20.5. The third-order valence-corrected chi connectivity index (χ3v) is 4.48. The molecular weight excluding hydrogens is 266 g/mol. The molecule has 3 rings (SSSR count). The molecule has 3 N–H and O–H groups in total. The summed E-state index contributed by atoms with van der Waals surface area (Å²) in [5.74, 6) is 1.99. The molecule has 116 valence electrons. The maximum Gasteiger partial charge on any atom is 0.239 e. The fraction of sp³-hybridized carbons (Fsp3) is 0.688. The van der Waals surface area contributed by atoms with E-state index in [4.69, 9.17) is 10.5 Å². The van der Waals surface area contributed by atoms with Crippen LogP contribution in [0.15, 0.2) is 12.1 Å². The zero-order chi connectivity index (χ0) is 14.9. The van der Waals surface area contributed by atoms with E-state index in [0.717, 1.165) is 31.5 Å². The van der Waals surface area contributed by atoms with Gasteiger partial charge in [-0.3, -0.25) is 0 Å². The monoisotopic (exact) mass is 291 g/mol. The number of nitrogen functional groups attached to an aromatic ring is 1. The van der Waals surface area contributed by atoms with Gasteiger partial charge in [-0.05, 0) is 43.7 Å². The number of anilines is 2. The summed E-state index contributed by atoms with van der Waals surface area (Å²) in [6, 6.07) is 3.72. The summed E-state index contributed by atoms with van der Waals surface area (Å²) < 4.78 is 5.72. The van der Waals surface area contributed by atoms with E-state index in [1.54, 1.807) is 0 Å². The maximum absolute atomic E-state index is 10.5. The predicted molar refractivity (Wildman–Crippen MR) is 83.6 cm³/mol. The highest BCUT2D eigenvalue weighted by Crippen LogP contribution is 2.33. The molecule has 2 fully saturated rings. The van der Waals surface area contributed by atoms with Gasteiger partial charge in [0.15, 0.2) is 0 Å². The van der Waals surface area contributed by atoms with Crippen LogP contribution in [0.3, 0.4) is 0 Å². The van der Waals surface area contributed by atoms with Crippen LogP contribution in [0, 0.1) is 5.92 Å². The van der Waals surface area contributed by atoms with E-state index in [9.17, 15) is 5.11 Å². The second-order valence-corrected chi connectivity index (χ2v) is 6.61. The number of ether oxygens (including phenoxy) is 1. The van der Waals surface area contributed by atoms with Crippen LogP contribution in [0.25, 0.3) is 0 Å². The van der Waals surface area contributed by atoms with Gasteiger partial charge in [-0.25, -0.2) is 0 Å². The minimum Gasteiger partial charge on any atom is -0.476 e. The summed E-state index contributed by atoms with van der Waals surface area (Å²) in [4.78, 5) is 6.51. The molecule has 0 spiro atoms. The Labute approximate surface area is 126 Å². The Hall–Kier alpha value is -1.49. The number of nitrogens with zero attached hydrogens (tertiary/aromatic N) is 2. The van der Waals surface area contributed by atoms with E-state index in [-0.39, 0.29) is 0 Å². The zero-order valence-corrected chi connectivity index (χ0v) is 12.7. The van der Waals surface area contributed by atoms with Gasteiger partial charge < -0.3 is 20.5 Å². The lowest BCUT2D eigenvalue weighted by atomic mass is 10.0. The summed E-state index contributed by atoms with van der Waals surface area (Å²) in [5, 5.41) is 10.5. The molecule has 1 heterocycles. The van der Waals surface area contributed by atoms with Gasteiger partial charge in [0.1, 0.15) is 5.82 Å². The largest absolute Gasteiger partial charge is 0.476 e. The van der Waals surface area contributed by atoms with Crippen molar-refractivity contribution in [3.63, 3.8) is 0 Å². The van der Waals surface area contributed by atoms with Crippen molar-refractivity contribution in [3.8, 4) is 5.88 Å². The van der Waals surface area contributed by atoms with Crippen LogP contribution >= 0.6 is 0 Å². The van der Waals surface area contributed by atoms with Gasteiger partial charge in [-0.1, -0.05) is 12.8 Å². The fourth-order valence-corrected chi connectivity index (χ4v) is 2.96. The molecule has 5 nitrogen and oxygen atoms in total. The van der Waals surface area contributed by atoms with E-state index in [0.29, 0.717) is 30.6 Å². The topological polar surface area (TPSA) is 71.6 Å². The maximum atomic E-state index is 10.5. The van der Waals surface area contributed by atoms with Crippen LogP contribution in [-0.2, 0) is 0 Å². The highest BCUT2D eigenvalue weighted by molar-refractivity contribution is 5.54. The first kappa shape index (κ1) is 14.4. The second-order valence-electron chi connectivity index (χ2n) is 6.61. The van der Waals surface area contributed by atoms with Crippen LogP contribution in [0.5, 0.6) is 5.88 Å². The molecule has 0 atom stereocenters. The summed E-state index contributed by atoms with van der Waals surface area (Å²) >= 11 is 0. The average Bonchev–Trinajstić information content (AvgIpc) is 3.19. The molecule has 0 amide bonds. The Morgan fingerprint density at radius 1 is 1.38 bits per heavy atom. The van der Waals surface area contributed by atoms with E-state index in [2.05, 4.69) is 4.98 Å². The second kappa shape index (κ2) is 5.72. The first-order chi connectivity index (χ1) is 10.1. The standard InChI is InChI=1S/C16H25N3O2/c1-19(11-16(20)8-2-3-9-16)14-7-6-13(17)15(18-14)21-10-12-4-5-12/h6-7,12,20H,2-5,8-11,17H2,1H3. The van der Waals surface area contributed by atoms with Crippen molar-refractivity contribution in [1.29, 1.82) is 0 Å². The van der Waals surface area contributed by atoms with Gasteiger partial charge in [0.2, 0.25) is 5.88 Å². The Morgan fingerprint density at radius 2 is 2.10 bits per heavy atom. The Balaban J connectivity index is 1.66. The first-order valence-corrected chi connectivity index (χ1v) is 7.89. The van der Waals surface area contributed by atoms with Crippen LogP contribution in [-0.4, -0.2) is 35.9 Å². The van der Waals surface area contributed by atoms with Gasteiger partial charge in [-0.15, -0.1) is 0 Å². The molecule has 0 aromatic carbocycles. The van der Waals surface area contributed by atoms with Crippen molar-refractivity contribution < 1.29 is 9.84 Å². The number of likely N-dealkylation sites (N-methyl/N-ethyl adjacent to an activating group) is 1. The number of hydrogen-bond acceptors (Lipinski definition) is 5. The van der Waals surface area contributed by atoms with E-state index in [1.807, 2.05) is 24.1 Å². The number of pyridine rings is 1. The Kier molecular flexibility index (Phi) is 3.93. The van der Waals surface area contributed by atoms with E-state index in [1.165, 1.54) is 12.8 Å². The van der Waals surface area contributed by atoms with Gasteiger partial charge in [0, 0.05) is 13.6 Å². The quantitative estimate of drug-likeness (QED) is 0.840. The number of nitrogens with two attached hydrogens (primary N) is 1. The summed E-state index contributed by atoms with van der Waals surface area (Å²) in [5.41, 5.74) is 5.93. The molecule has 2 aliphatic rings. The molecule has 1 aromatic rings. The predicted octanol–water partition coefficient (Wildman–Crippen LogP) is 2.19. The molecule has 21 heavy (non-hydrogen) atoms. The SMILES string of the molecule is CN(CC1(O)CCCC1)c1ccc(N)c(OCC2CC2)n1. The lowest BCUT2D eigenvalue weighted by Crippen LogP contribution is -2.39. The molecule has 1 aromatic heterocycles. The summed E-state index contributed by atoms with van der Waals surface area (Å²) in [6.45, 7) is 1.31. The van der Waals surface area contributed by atoms with E-state index < -0.39 is 5.60 Å². The van der Waals surface area contributed by atoms with Crippen molar-refractivity contribution in [2.45, 2.75) is 44.1 Å². The smallest absolute Gasteiger partial charge is 0.239 e. The molecule has 0 saturated heterocycles. The minimum atomic E-state index is -0.577. The number of aliphatic hydroxyl groups is 1. The highest BCUT2D eigenvalue weighted by atomic mass is 16.5. The van der Waals surface area contributed by atoms with Crippen LogP contribution in [0.4, 0.5) is 11.5 Å². The summed E-state index contributed by atoms with van der Waals surface area (Å²) in [6.07, 6.45) is 6.44. The van der Waals surface area contributed by atoms with E-state index >= 15 is 0 Å². The summed E-state index contributed by atoms with van der Waals surface area (Å²) in [7, 11) is 1.96. The van der Waals surface area contributed by atoms with Crippen molar-refractivity contribution in [1.82, 2.24) is 4.98 Å². The van der Waals surface area contributed by atoms with Gasteiger partial charge in [0.05, 0.1) is 17.9 Å². The molecule has 2 saturated carbocycles. The third kappa shape index (κ3) is 3.59. The average molecular weight is 291 g/mol. The van der Waals surface area contributed by atoms with Gasteiger partial charge in [-0.2, -0.15) is 4.98 Å². The van der Waals surface area contributed by atoms with Crippen LogP contribution in [0.1, 0.15) is 38.5 Å². The van der Waals surface area contributed by atoms with Crippen molar-refractivity contribution in [2.75, 3.05) is 30.8 Å². The highest BCUT2D eigenvalue weighted by Gasteiger charge is 2.32. The Morgan fingerprint density at radius 3 is 2.76 bits per heavy atom. The molecule has 0 bridgehead atoms. The van der Waals surface area contributed by atoms with Gasteiger partial charge in [0.25, 0.3) is 0 Å². The van der Waals surface area contributed by atoms with Crippen LogP contribution < -0.4 is 15.4 Å². The van der Waals surface area contributed by atoms with Crippen molar-refractivity contribution >= 4 is 11.5 Å². The number of hydrogen-bond donors (Lipinski definition) is 2. The minimum absolute atomic E-state index is 0.518. The first-order valence-electron chi connectivity index (χ1n) is 7.89. The molecule has 0 radical (unpaired) electrons. The Bertz CT molecular complexity index is 496. The van der Waals surface area contributed by atoms with Crippen LogP contribution in [0.2, 0.25) is 0 Å². The zero-order valence-electron chi connectivity index (χ0n) is 12.7. The molecule has 2 aliphatic carbocycles. The lowest BCUT2D eigenvalue weighted by Gasteiger charge is -2.29. The molecule has 0 unspecified atom stereocenters. The van der Waals surface area contributed by atoms with Gasteiger partial charge >= 0.3 is 0 Å².